The average Bonchev–Trinajstić information content (AvgIpc) is 2.89. The monoisotopic (exact) mass is 558 g/mol. The molecule has 0 aromatic heterocycles. The van der Waals surface area contributed by atoms with Gasteiger partial charge in [0, 0.05) is 45.5 Å². The maximum Gasteiger partial charge on any atom is 0.198 e. The zero-order valence-corrected chi connectivity index (χ0v) is 19.0. The highest BCUT2D eigenvalue weighted by Gasteiger charge is 2.34. The Morgan fingerprint density at radius 2 is 0.949 bits per heavy atom. The van der Waals surface area contributed by atoms with Crippen LogP contribution >= 0.6 is 0 Å². The summed E-state index contributed by atoms with van der Waals surface area (Å²) in [7, 11) is 1.04. The number of benzene rings is 5. The number of fused-ring (bicyclic) bond motifs is 2. The van der Waals surface area contributed by atoms with Crippen molar-refractivity contribution in [1.29, 1.82) is 0 Å². The van der Waals surface area contributed by atoms with Crippen LogP contribution in [0.2, 0.25) is 0 Å². The highest BCUT2D eigenvalue weighted by molar-refractivity contribution is 6.22. The van der Waals surface area contributed by atoms with Crippen molar-refractivity contribution in [3.8, 4) is 28.0 Å². The van der Waals surface area contributed by atoms with E-state index in [-0.39, 0.29) is 6.07 Å². The molecular formula is C27H9F11O. The molecule has 0 fully saturated rings. The van der Waals surface area contributed by atoms with Gasteiger partial charge in [0.05, 0.1) is 18.2 Å². The molecule has 0 saturated carbocycles. The molecule has 5 rings (SSSR count). The highest BCUT2D eigenvalue weighted by atomic mass is 19.2. The lowest BCUT2D eigenvalue weighted by Gasteiger charge is -2.21. The molecule has 0 atom stereocenters. The van der Waals surface area contributed by atoms with Gasteiger partial charge in [0.25, 0.3) is 0 Å². The van der Waals surface area contributed by atoms with E-state index in [1.54, 1.807) is 0 Å². The first-order chi connectivity index (χ1) is 18.4. The van der Waals surface area contributed by atoms with E-state index >= 15 is 22.0 Å². The summed E-state index contributed by atoms with van der Waals surface area (Å²) in [6.45, 7) is 0. The topological polar surface area (TPSA) is 9.23 Å². The van der Waals surface area contributed by atoms with Gasteiger partial charge in [-0.1, -0.05) is 12.1 Å². The lowest BCUT2D eigenvalue weighted by molar-refractivity contribution is 0.407. The molecule has 0 radical (unpaired) electrons. The minimum Gasteiger partial charge on any atom is -0.497 e. The standard InChI is InChI=1S/C27H9F11O/c1-39-8-5-11(29)17(12(30)6-8)16-9-3-2-4-10(28)15(9)18(21-22(33)13(31)7-14(32)23(21)34)20-19(16)24(35)26(37)27(38)25(20)36/h2-7H,1H3. The molecule has 1 nitrogen and oxygen atoms in total. The molecule has 0 saturated heterocycles. The normalized spacial score (nSPS) is 11.6. The molecule has 0 bridgehead atoms. The molecular weight excluding hydrogens is 549 g/mol. The smallest absolute Gasteiger partial charge is 0.198 e. The number of halogens is 11. The van der Waals surface area contributed by atoms with Crippen LogP contribution < -0.4 is 4.74 Å². The van der Waals surface area contributed by atoms with Crippen LogP contribution in [0.15, 0.2) is 36.4 Å². The van der Waals surface area contributed by atoms with Crippen molar-refractivity contribution in [3.63, 3.8) is 0 Å². The molecule has 0 spiro atoms. The summed E-state index contributed by atoms with van der Waals surface area (Å²) >= 11 is 0. The minimum absolute atomic E-state index is 0.234. The third-order valence-electron chi connectivity index (χ3n) is 6.16. The summed E-state index contributed by atoms with van der Waals surface area (Å²) in [5, 5.41) is -5.07. The Morgan fingerprint density at radius 1 is 0.436 bits per heavy atom. The van der Waals surface area contributed by atoms with Crippen LogP contribution in [-0.4, -0.2) is 7.11 Å². The Labute approximate surface area is 210 Å². The number of ether oxygens (including phenoxy) is 1. The van der Waals surface area contributed by atoms with Gasteiger partial charge in [-0.05, 0) is 11.5 Å². The largest absolute Gasteiger partial charge is 0.497 e. The molecule has 0 aliphatic carbocycles. The van der Waals surface area contributed by atoms with Gasteiger partial charge in [-0.3, -0.25) is 0 Å². The van der Waals surface area contributed by atoms with Gasteiger partial charge in [0.1, 0.15) is 23.2 Å². The van der Waals surface area contributed by atoms with Crippen LogP contribution in [0.4, 0.5) is 48.3 Å². The average molecular weight is 558 g/mol. The highest BCUT2D eigenvalue weighted by Crippen LogP contribution is 2.49. The zero-order valence-electron chi connectivity index (χ0n) is 19.0. The van der Waals surface area contributed by atoms with E-state index in [9.17, 15) is 26.3 Å². The zero-order chi connectivity index (χ0) is 28.5. The van der Waals surface area contributed by atoms with Gasteiger partial charge >= 0.3 is 0 Å². The SMILES string of the molecule is COc1cc(F)c(-c2c3cccc(F)c3c(-c3c(F)c(F)cc(F)c3F)c3c(F)c(F)c(F)c(F)c23)c(F)c1. The molecule has 39 heavy (non-hydrogen) atoms. The van der Waals surface area contributed by atoms with E-state index in [4.69, 9.17) is 4.74 Å². The maximum absolute atomic E-state index is 15.4. The molecule has 0 aliphatic rings. The number of hydrogen-bond donors (Lipinski definition) is 0. The van der Waals surface area contributed by atoms with Gasteiger partial charge < -0.3 is 4.74 Å². The predicted molar refractivity (Wildman–Crippen MR) is 118 cm³/mol. The number of rotatable bonds is 3. The van der Waals surface area contributed by atoms with Crippen molar-refractivity contribution in [2.24, 2.45) is 0 Å². The number of hydrogen-bond acceptors (Lipinski definition) is 1. The van der Waals surface area contributed by atoms with Crippen molar-refractivity contribution in [2.75, 3.05) is 7.11 Å². The first-order valence-corrected chi connectivity index (χ1v) is 10.7. The molecule has 0 amide bonds. The Balaban J connectivity index is 2.21. The van der Waals surface area contributed by atoms with Crippen molar-refractivity contribution < 1.29 is 53.0 Å². The van der Waals surface area contributed by atoms with Crippen molar-refractivity contribution in [2.45, 2.75) is 0 Å². The summed E-state index contributed by atoms with van der Waals surface area (Å²) in [5.41, 5.74) is -5.58. The lowest BCUT2D eigenvalue weighted by atomic mass is 9.84. The quantitative estimate of drug-likeness (QED) is 0.0931. The minimum atomic E-state index is -2.56. The first-order valence-electron chi connectivity index (χ1n) is 10.7. The second kappa shape index (κ2) is 9.14. The van der Waals surface area contributed by atoms with Gasteiger partial charge in [0.15, 0.2) is 46.5 Å². The molecule has 0 aliphatic heterocycles. The fraction of sp³-hybridized carbons (Fsp3) is 0.0370. The first kappa shape index (κ1) is 26.3. The van der Waals surface area contributed by atoms with Gasteiger partial charge in [-0.2, -0.15) is 0 Å². The van der Waals surface area contributed by atoms with E-state index in [0.717, 1.165) is 19.2 Å². The van der Waals surface area contributed by atoms with Crippen molar-refractivity contribution in [1.82, 2.24) is 0 Å². The number of methoxy groups -OCH3 is 1. The van der Waals surface area contributed by atoms with E-state index in [2.05, 4.69) is 0 Å². The second-order valence-corrected chi connectivity index (χ2v) is 8.23. The molecule has 5 aromatic rings. The maximum atomic E-state index is 15.4. The Bertz CT molecular complexity index is 1820. The fourth-order valence-corrected chi connectivity index (χ4v) is 4.56. The van der Waals surface area contributed by atoms with E-state index in [1.165, 1.54) is 0 Å². The summed E-state index contributed by atoms with van der Waals surface area (Å²) in [6.07, 6.45) is 0. The Morgan fingerprint density at radius 3 is 1.46 bits per heavy atom. The third-order valence-corrected chi connectivity index (χ3v) is 6.16. The fourth-order valence-electron chi connectivity index (χ4n) is 4.56. The van der Waals surface area contributed by atoms with E-state index < -0.39 is 114 Å². The van der Waals surface area contributed by atoms with Crippen LogP contribution in [-0.2, 0) is 0 Å². The molecule has 200 valence electrons. The van der Waals surface area contributed by atoms with Gasteiger partial charge in [0.2, 0.25) is 0 Å². The van der Waals surface area contributed by atoms with Crippen LogP contribution in [0.1, 0.15) is 0 Å². The van der Waals surface area contributed by atoms with Crippen LogP contribution in [0, 0.1) is 64.0 Å². The summed E-state index contributed by atoms with van der Waals surface area (Å²) < 4.78 is 168. The van der Waals surface area contributed by atoms with Crippen molar-refractivity contribution >= 4 is 21.5 Å². The molecule has 0 N–H and O–H groups in total. The van der Waals surface area contributed by atoms with E-state index in [1.807, 2.05) is 0 Å². The lowest BCUT2D eigenvalue weighted by Crippen LogP contribution is -2.07. The van der Waals surface area contributed by atoms with E-state index in [0.29, 0.717) is 18.2 Å². The van der Waals surface area contributed by atoms with Crippen LogP contribution in [0.5, 0.6) is 5.75 Å². The Kier molecular flexibility index (Phi) is 6.15. The second-order valence-electron chi connectivity index (χ2n) is 8.23. The van der Waals surface area contributed by atoms with Gasteiger partial charge in [-0.25, -0.2) is 48.3 Å². The molecule has 5 aromatic carbocycles. The van der Waals surface area contributed by atoms with Gasteiger partial charge in [-0.15, -0.1) is 0 Å². The molecule has 0 unspecified atom stereocenters. The molecule has 12 heteroatoms. The van der Waals surface area contributed by atoms with Crippen LogP contribution in [0.25, 0.3) is 43.8 Å². The molecule has 0 heterocycles. The van der Waals surface area contributed by atoms with Crippen LogP contribution in [0.3, 0.4) is 0 Å². The predicted octanol–water partition coefficient (Wildman–Crippen LogP) is 8.87. The summed E-state index contributed by atoms with van der Waals surface area (Å²) in [6, 6.07) is 3.27. The summed E-state index contributed by atoms with van der Waals surface area (Å²) in [4.78, 5) is 0. The Hall–Kier alpha value is -4.35. The third kappa shape index (κ3) is 3.68. The van der Waals surface area contributed by atoms with Crippen molar-refractivity contribution in [3.05, 3.63) is 100 Å². The summed E-state index contributed by atoms with van der Waals surface area (Å²) in [5.74, 6) is -23.2.